The molecule has 2 heterocycles. The van der Waals surface area contributed by atoms with Crippen LogP contribution in [-0.4, -0.2) is 48.8 Å². The number of Topliss-reactive ketones (excluding diaryl/α,β-unsaturated/α-hetero) is 1. The Morgan fingerprint density at radius 1 is 1.08 bits per heavy atom. The van der Waals surface area contributed by atoms with Crippen LogP contribution in [0.15, 0.2) is 12.1 Å². The van der Waals surface area contributed by atoms with E-state index >= 15 is 0 Å². The summed E-state index contributed by atoms with van der Waals surface area (Å²) in [5, 5.41) is 2.85. The van der Waals surface area contributed by atoms with Gasteiger partial charge in [0.15, 0.2) is 17.3 Å². The molecule has 26 heavy (non-hydrogen) atoms. The molecule has 3 rings (SSSR count). The Kier molecular flexibility index (Phi) is 5.44. The lowest BCUT2D eigenvalue weighted by Crippen LogP contribution is -2.37. The number of ketones is 1. The predicted molar refractivity (Wildman–Crippen MR) is 95.7 cm³/mol. The van der Waals surface area contributed by atoms with Crippen molar-refractivity contribution in [2.24, 2.45) is 5.92 Å². The molecule has 7 nitrogen and oxygen atoms in total. The molecule has 0 saturated carbocycles. The zero-order valence-corrected chi connectivity index (χ0v) is 15.2. The molecule has 0 atom stereocenters. The number of piperidine rings is 1. The maximum absolute atomic E-state index is 12.5. The van der Waals surface area contributed by atoms with Crippen molar-refractivity contribution in [2.75, 3.05) is 31.6 Å². The minimum absolute atomic E-state index is 0.0790. The summed E-state index contributed by atoms with van der Waals surface area (Å²) < 4.78 is 11.0. The third kappa shape index (κ3) is 4.15. The third-order valence-corrected chi connectivity index (χ3v) is 4.87. The molecule has 7 heteroatoms. The number of amides is 2. The lowest BCUT2D eigenvalue weighted by Gasteiger charge is -2.31. The molecule has 1 saturated heterocycles. The van der Waals surface area contributed by atoms with E-state index in [1.807, 2.05) is 4.90 Å². The minimum Gasteiger partial charge on any atom is -0.486 e. The van der Waals surface area contributed by atoms with Crippen molar-refractivity contribution in [1.29, 1.82) is 0 Å². The molecular formula is C19H24N2O5. The van der Waals surface area contributed by atoms with Crippen LogP contribution in [0.4, 0.5) is 5.69 Å². The Morgan fingerprint density at radius 2 is 1.69 bits per heavy atom. The van der Waals surface area contributed by atoms with Crippen molar-refractivity contribution in [1.82, 2.24) is 4.90 Å². The van der Waals surface area contributed by atoms with Crippen LogP contribution < -0.4 is 14.8 Å². The number of nitrogens with one attached hydrogen (secondary N) is 1. The van der Waals surface area contributed by atoms with Crippen LogP contribution >= 0.6 is 0 Å². The van der Waals surface area contributed by atoms with Crippen molar-refractivity contribution in [3.05, 3.63) is 17.7 Å². The van der Waals surface area contributed by atoms with Gasteiger partial charge in [0.05, 0.1) is 5.69 Å². The SMILES string of the molecule is CC(=O)c1cc2c(cc1NC(=O)CC1CCN(C(C)=O)CC1)OCCO2. The zero-order valence-electron chi connectivity index (χ0n) is 15.2. The van der Waals surface area contributed by atoms with Gasteiger partial charge in [0.2, 0.25) is 11.8 Å². The molecule has 0 unspecified atom stereocenters. The molecule has 1 aromatic carbocycles. The minimum atomic E-state index is -0.146. The average molecular weight is 360 g/mol. The fourth-order valence-corrected chi connectivity index (χ4v) is 3.40. The fourth-order valence-electron chi connectivity index (χ4n) is 3.40. The maximum Gasteiger partial charge on any atom is 0.224 e. The number of hydrogen-bond acceptors (Lipinski definition) is 5. The molecule has 0 spiro atoms. The van der Waals surface area contributed by atoms with Crippen LogP contribution in [0.25, 0.3) is 0 Å². The van der Waals surface area contributed by atoms with E-state index < -0.39 is 0 Å². The molecule has 1 aromatic rings. The van der Waals surface area contributed by atoms with Gasteiger partial charge >= 0.3 is 0 Å². The normalized spacial score (nSPS) is 16.9. The summed E-state index contributed by atoms with van der Waals surface area (Å²) in [6, 6.07) is 3.28. The summed E-state index contributed by atoms with van der Waals surface area (Å²) >= 11 is 0. The quantitative estimate of drug-likeness (QED) is 0.833. The molecule has 2 amide bonds. The van der Waals surface area contributed by atoms with Crippen LogP contribution in [0.2, 0.25) is 0 Å². The Labute approximate surface area is 152 Å². The molecule has 140 valence electrons. The van der Waals surface area contributed by atoms with Gasteiger partial charge in [-0.1, -0.05) is 0 Å². The Balaban J connectivity index is 1.65. The van der Waals surface area contributed by atoms with Crippen molar-refractivity contribution in [3.8, 4) is 11.5 Å². The highest BCUT2D eigenvalue weighted by atomic mass is 16.6. The molecule has 0 bridgehead atoms. The topological polar surface area (TPSA) is 84.9 Å². The van der Waals surface area contributed by atoms with E-state index in [4.69, 9.17) is 9.47 Å². The highest BCUT2D eigenvalue weighted by Gasteiger charge is 2.24. The molecule has 0 aliphatic carbocycles. The summed E-state index contributed by atoms with van der Waals surface area (Å²) in [5.41, 5.74) is 0.863. The lowest BCUT2D eigenvalue weighted by atomic mass is 9.93. The first kappa shape index (κ1) is 18.2. The van der Waals surface area contributed by atoms with Gasteiger partial charge in [-0.3, -0.25) is 14.4 Å². The van der Waals surface area contributed by atoms with E-state index in [1.165, 1.54) is 6.92 Å². The average Bonchev–Trinajstić information content (AvgIpc) is 2.61. The molecule has 2 aliphatic heterocycles. The number of carbonyl (C=O) groups is 3. The molecule has 0 aromatic heterocycles. The summed E-state index contributed by atoms with van der Waals surface area (Å²) in [6.07, 6.45) is 2.00. The van der Waals surface area contributed by atoms with Crippen LogP contribution in [0.5, 0.6) is 11.5 Å². The summed E-state index contributed by atoms with van der Waals surface area (Å²) in [6.45, 7) is 5.28. The number of anilines is 1. The van der Waals surface area contributed by atoms with E-state index in [-0.39, 0.29) is 23.5 Å². The van der Waals surface area contributed by atoms with E-state index in [1.54, 1.807) is 19.1 Å². The second-order valence-electron chi connectivity index (χ2n) is 6.80. The second kappa shape index (κ2) is 7.76. The van der Waals surface area contributed by atoms with Crippen molar-refractivity contribution < 1.29 is 23.9 Å². The van der Waals surface area contributed by atoms with Gasteiger partial charge in [0, 0.05) is 38.1 Å². The number of benzene rings is 1. The van der Waals surface area contributed by atoms with Crippen LogP contribution in [-0.2, 0) is 9.59 Å². The first-order valence-corrected chi connectivity index (χ1v) is 8.94. The number of hydrogen-bond donors (Lipinski definition) is 1. The first-order chi connectivity index (χ1) is 12.4. The Bertz CT molecular complexity index is 723. The zero-order chi connectivity index (χ0) is 18.7. The Morgan fingerprint density at radius 3 is 2.27 bits per heavy atom. The highest BCUT2D eigenvalue weighted by molar-refractivity contribution is 6.04. The van der Waals surface area contributed by atoms with Crippen LogP contribution in [0.1, 0.15) is 43.5 Å². The summed E-state index contributed by atoms with van der Waals surface area (Å²) in [7, 11) is 0. The maximum atomic E-state index is 12.5. The van der Waals surface area contributed by atoms with Gasteiger partial charge in [-0.15, -0.1) is 0 Å². The lowest BCUT2D eigenvalue weighted by molar-refractivity contribution is -0.130. The number of rotatable bonds is 4. The van der Waals surface area contributed by atoms with Gasteiger partial charge in [-0.05, 0) is 31.7 Å². The van der Waals surface area contributed by atoms with Gasteiger partial charge < -0.3 is 19.7 Å². The van der Waals surface area contributed by atoms with Crippen LogP contribution in [0, 0.1) is 5.92 Å². The van der Waals surface area contributed by atoms with Gasteiger partial charge in [-0.2, -0.15) is 0 Å². The smallest absolute Gasteiger partial charge is 0.224 e. The third-order valence-electron chi connectivity index (χ3n) is 4.87. The van der Waals surface area contributed by atoms with Crippen molar-refractivity contribution in [2.45, 2.75) is 33.1 Å². The fraction of sp³-hybridized carbons (Fsp3) is 0.526. The number of ether oxygens (including phenoxy) is 2. The molecule has 1 N–H and O–H groups in total. The van der Waals surface area contributed by atoms with E-state index in [0.29, 0.717) is 55.5 Å². The second-order valence-corrected chi connectivity index (χ2v) is 6.80. The molecule has 1 fully saturated rings. The molecule has 0 radical (unpaired) electrons. The van der Waals surface area contributed by atoms with Crippen molar-refractivity contribution in [3.63, 3.8) is 0 Å². The monoisotopic (exact) mass is 360 g/mol. The van der Waals surface area contributed by atoms with E-state index in [9.17, 15) is 14.4 Å². The van der Waals surface area contributed by atoms with E-state index in [2.05, 4.69) is 5.32 Å². The number of carbonyl (C=O) groups excluding carboxylic acids is 3. The van der Waals surface area contributed by atoms with Gasteiger partial charge in [0.25, 0.3) is 0 Å². The number of likely N-dealkylation sites (tertiary alicyclic amines) is 1. The predicted octanol–water partition coefficient (Wildman–Crippen LogP) is 2.25. The summed E-state index contributed by atoms with van der Waals surface area (Å²) in [5.74, 6) is 1.10. The van der Waals surface area contributed by atoms with Gasteiger partial charge in [-0.25, -0.2) is 0 Å². The van der Waals surface area contributed by atoms with Crippen molar-refractivity contribution >= 4 is 23.3 Å². The largest absolute Gasteiger partial charge is 0.486 e. The Hall–Kier alpha value is -2.57. The number of fused-ring (bicyclic) bond motifs is 1. The van der Waals surface area contributed by atoms with Gasteiger partial charge in [0.1, 0.15) is 13.2 Å². The highest BCUT2D eigenvalue weighted by Crippen LogP contribution is 2.36. The molecular weight excluding hydrogens is 336 g/mol. The van der Waals surface area contributed by atoms with E-state index in [0.717, 1.165) is 12.8 Å². The summed E-state index contributed by atoms with van der Waals surface area (Å²) in [4.78, 5) is 37.6. The molecule has 2 aliphatic rings. The first-order valence-electron chi connectivity index (χ1n) is 8.94. The standard InChI is InChI=1S/C19H24N2O5/c1-12(22)15-10-17-18(26-8-7-25-17)11-16(15)20-19(24)9-14-3-5-21(6-4-14)13(2)23/h10-11,14H,3-9H2,1-2H3,(H,20,24). The van der Waals surface area contributed by atoms with Crippen LogP contribution in [0.3, 0.4) is 0 Å². The number of nitrogens with zero attached hydrogens (tertiary/aromatic N) is 1.